The Labute approximate surface area is 167 Å². The molecule has 0 bridgehead atoms. The number of carboxylic acid groups (broad SMARTS) is 1. The average Bonchev–Trinajstić information content (AvgIpc) is 3.46. The molecule has 4 rings (SSSR count). The molecule has 1 saturated carbocycles. The van der Waals surface area contributed by atoms with Crippen LogP contribution in [0.1, 0.15) is 63.0 Å². The van der Waals surface area contributed by atoms with E-state index >= 15 is 0 Å². The zero-order chi connectivity index (χ0) is 19.9. The van der Waals surface area contributed by atoms with Crippen molar-refractivity contribution in [2.75, 3.05) is 19.6 Å². The van der Waals surface area contributed by atoms with Crippen molar-refractivity contribution >= 4 is 11.9 Å². The Bertz CT molecular complexity index is 731. The van der Waals surface area contributed by atoms with Gasteiger partial charge in [-0.25, -0.2) is 4.79 Å². The Kier molecular flexibility index (Phi) is 5.21. The highest BCUT2D eigenvalue weighted by atomic mass is 16.4. The minimum Gasteiger partial charge on any atom is -0.480 e. The monoisotopic (exact) mass is 384 g/mol. The number of hydrogen-bond acceptors (Lipinski definition) is 3. The highest BCUT2D eigenvalue weighted by Gasteiger charge is 2.51. The molecule has 5 nitrogen and oxygen atoms in total. The van der Waals surface area contributed by atoms with Gasteiger partial charge in [-0.15, -0.1) is 0 Å². The van der Waals surface area contributed by atoms with Gasteiger partial charge in [-0.05, 0) is 67.7 Å². The Morgan fingerprint density at radius 2 is 1.79 bits per heavy atom. The summed E-state index contributed by atoms with van der Waals surface area (Å²) in [5, 5.41) is 9.65. The van der Waals surface area contributed by atoms with Crippen LogP contribution in [0.4, 0.5) is 0 Å². The molecule has 1 N–H and O–H groups in total. The van der Waals surface area contributed by atoms with Crippen molar-refractivity contribution < 1.29 is 14.7 Å². The first-order valence-electron chi connectivity index (χ1n) is 10.7. The van der Waals surface area contributed by atoms with Crippen molar-refractivity contribution in [3.63, 3.8) is 0 Å². The Hall–Kier alpha value is -1.88. The molecule has 2 aliphatic heterocycles. The van der Waals surface area contributed by atoms with E-state index in [2.05, 4.69) is 43.0 Å². The minimum absolute atomic E-state index is 0.00833. The normalized spacial score (nSPS) is 24.8. The maximum absolute atomic E-state index is 12.6. The Morgan fingerprint density at radius 3 is 2.32 bits per heavy atom. The van der Waals surface area contributed by atoms with E-state index in [1.54, 1.807) is 4.90 Å². The number of amides is 1. The number of hydrogen-bond donors (Lipinski definition) is 1. The number of piperidine rings is 1. The lowest BCUT2D eigenvalue weighted by molar-refractivity contribution is -0.148. The molecule has 3 fully saturated rings. The molecular formula is C23H32N2O3. The molecule has 1 unspecified atom stereocenters. The van der Waals surface area contributed by atoms with Gasteiger partial charge in [0.15, 0.2) is 0 Å². The SMILES string of the molecule is CC(C)c1ccc(CN2CCC3(CC2)CC(C(=O)O)N(C(=O)C2CC2)C3)cc1. The van der Waals surface area contributed by atoms with E-state index < -0.39 is 12.0 Å². The van der Waals surface area contributed by atoms with E-state index in [0.717, 1.165) is 45.3 Å². The average molecular weight is 385 g/mol. The van der Waals surface area contributed by atoms with Crippen LogP contribution in [0.15, 0.2) is 24.3 Å². The highest BCUT2D eigenvalue weighted by Crippen LogP contribution is 2.45. The third-order valence-electron chi connectivity index (χ3n) is 6.97. The van der Waals surface area contributed by atoms with Crippen LogP contribution < -0.4 is 0 Å². The van der Waals surface area contributed by atoms with Gasteiger partial charge in [0.2, 0.25) is 5.91 Å². The second-order valence-corrected chi connectivity index (χ2v) is 9.47. The van der Waals surface area contributed by atoms with Crippen LogP contribution in [0, 0.1) is 11.3 Å². The molecule has 1 aromatic rings. The second-order valence-electron chi connectivity index (χ2n) is 9.47. The van der Waals surface area contributed by atoms with Crippen molar-refractivity contribution in [1.29, 1.82) is 0 Å². The van der Waals surface area contributed by atoms with E-state index in [1.807, 2.05) is 0 Å². The number of rotatable bonds is 5. The molecular weight excluding hydrogens is 352 g/mol. The van der Waals surface area contributed by atoms with Crippen LogP contribution >= 0.6 is 0 Å². The van der Waals surface area contributed by atoms with Crippen LogP contribution in [0.3, 0.4) is 0 Å². The van der Waals surface area contributed by atoms with Crippen molar-refractivity contribution in [3.05, 3.63) is 35.4 Å². The van der Waals surface area contributed by atoms with E-state index in [-0.39, 0.29) is 17.2 Å². The van der Waals surface area contributed by atoms with Crippen LogP contribution in [0.2, 0.25) is 0 Å². The van der Waals surface area contributed by atoms with E-state index in [4.69, 9.17) is 0 Å². The zero-order valence-electron chi connectivity index (χ0n) is 17.1. The third kappa shape index (κ3) is 3.95. The molecule has 5 heteroatoms. The standard InChI is InChI=1S/C23H32N2O3/c1-16(2)18-5-3-17(4-6-18)14-24-11-9-23(10-12-24)13-20(22(27)28)25(15-23)21(26)19-7-8-19/h3-6,16,19-20H,7-15H2,1-2H3,(H,27,28). The summed E-state index contributed by atoms with van der Waals surface area (Å²) in [5.41, 5.74) is 2.69. The third-order valence-corrected chi connectivity index (χ3v) is 6.97. The van der Waals surface area contributed by atoms with Gasteiger partial charge < -0.3 is 10.0 Å². The maximum atomic E-state index is 12.6. The number of benzene rings is 1. The largest absolute Gasteiger partial charge is 0.480 e. The Morgan fingerprint density at radius 1 is 1.14 bits per heavy atom. The van der Waals surface area contributed by atoms with Gasteiger partial charge in [-0.1, -0.05) is 38.1 Å². The second kappa shape index (κ2) is 7.51. The summed E-state index contributed by atoms with van der Waals surface area (Å²) in [5.74, 6) is -0.115. The smallest absolute Gasteiger partial charge is 0.326 e. The quantitative estimate of drug-likeness (QED) is 0.844. The molecule has 3 aliphatic rings. The first kappa shape index (κ1) is 19.4. The van der Waals surface area contributed by atoms with Gasteiger partial charge in [-0.2, -0.15) is 0 Å². The molecule has 152 valence electrons. The first-order valence-corrected chi connectivity index (χ1v) is 10.7. The fourth-order valence-corrected chi connectivity index (χ4v) is 4.89. The fraction of sp³-hybridized carbons (Fsp3) is 0.652. The van der Waals surface area contributed by atoms with Gasteiger partial charge >= 0.3 is 5.97 Å². The van der Waals surface area contributed by atoms with Gasteiger partial charge in [0.1, 0.15) is 6.04 Å². The summed E-state index contributed by atoms with van der Waals surface area (Å²) < 4.78 is 0. The lowest BCUT2D eigenvalue weighted by atomic mass is 9.76. The molecule has 1 spiro atoms. The topological polar surface area (TPSA) is 60.9 Å². The first-order chi connectivity index (χ1) is 13.4. The van der Waals surface area contributed by atoms with Gasteiger partial charge in [-0.3, -0.25) is 9.69 Å². The number of carbonyl (C=O) groups excluding carboxylic acids is 1. The summed E-state index contributed by atoms with van der Waals surface area (Å²) in [6, 6.07) is 8.28. The molecule has 1 aromatic carbocycles. The number of nitrogens with zero attached hydrogens (tertiary/aromatic N) is 2. The molecule has 1 aliphatic carbocycles. The predicted molar refractivity (Wildman–Crippen MR) is 108 cm³/mol. The predicted octanol–water partition coefficient (Wildman–Crippen LogP) is 3.49. The lowest BCUT2D eigenvalue weighted by Gasteiger charge is -2.39. The number of aliphatic carboxylic acids is 1. The summed E-state index contributed by atoms with van der Waals surface area (Å²) in [4.78, 5) is 28.5. The van der Waals surface area contributed by atoms with E-state index in [1.165, 1.54) is 11.1 Å². The number of carboxylic acids is 1. The number of likely N-dealkylation sites (tertiary alicyclic amines) is 2. The van der Waals surface area contributed by atoms with Crippen LogP contribution in [-0.4, -0.2) is 52.5 Å². The van der Waals surface area contributed by atoms with Crippen molar-refractivity contribution in [1.82, 2.24) is 9.80 Å². The number of carbonyl (C=O) groups is 2. The van der Waals surface area contributed by atoms with Gasteiger partial charge in [0.25, 0.3) is 0 Å². The molecule has 0 aromatic heterocycles. The lowest BCUT2D eigenvalue weighted by Crippen LogP contribution is -2.43. The minimum atomic E-state index is -0.835. The van der Waals surface area contributed by atoms with E-state index in [9.17, 15) is 14.7 Å². The molecule has 1 atom stereocenters. The van der Waals surface area contributed by atoms with Gasteiger partial charge in [0, 0.05) is 19.0 Å². The van der Waals surface area contributed by atoms with Crippen LogP contribution in [0.25, 0.3) is 0 Å². The van der Waals surface area contributed by atoms with E-state index in [0.29, 0.717) is 18.9 Å². The molecule has 2 heterocycles. The van der Waals surface area contributed by atoms with Crippen LogP contribution in [-0.2, 0) is 16.1 Å². The summed E-state index contributed by atoms with van der Waals surface area (Å²) >= 11 is 0. The molecule has 1 amide bonds. The van der Waals surface area contributed by atoms with Gasteiger partial charge in [0.05, 0.1) is 0 Å². The molecule has 28 heavy (non-hydrogen) atoms. The fourth-order valence-electron chi connectivity index (χ4n) is 4.89. The zero-order valence-corrected chi connectivity index (χ0v) is 17.1. The summed E-state index contributed by atoms with van der Waals surface area (Å²) in [6.07, 6.45) is 4.44. The summed E-state index contributed by atoms with van der Waals surface area (Å²) in [6.45, 7) is 7.95. The Balaban J connectivity index is 1.36. The summed E-state index contributed by atoms with van der Waals surface area (Å²) in [7, 11) is 0. The molecule has 2 saturated heterocycles. The van der Waals surface area contributed by atoms with Crippen LogP contribution in [0.5, 0.6) is 0 Å². The van der Waals surface area contributed by atoms with Crippen molar-refractivity contribution in [2.45, 2.75) is 64.5 Å². The van der Waals surface area contributed by atoms with Crippen molar-refractivity contribution in [2.24, 2.45) is 11.3 Å². The highest BCUT2D eigenvalue weighted by molar-refractivity contribution is 5.87. The maximum Gasteiger partial charge on any atom is 0.326 e. The molecule has 0 radical (unpaired) electrons. The van der Waals surface area contributed by atoms with Crippen molar-refractivity contribution in [3.8, 4) is 0 Å².